The number of amides is 1. The van der Waals surface area contributed by atoms with Gasteiger partial charge in [0.1, 0.15) is 5.75 Å². The van der Waals surface area contributed by atoms with E-state index in [0.29, 0.717) is 5.92 Å². The number of hydrogen-bond donors (Lipinski definition) is 1. The fourth-order valence-electron chi connectivity index (χ4n) is 4.10. The number of hydrogen-bond acceptors (Lipinski definition) is 4. The van der Waals surface area contributed by atoms with Crippen LogP contribution in [0.15, 0.2) is 24.3 Å². The average molecular weight is 360 g/mol. The Morgan fingerprint density at radius 1 is 1.08 bits per heavy atom. The second kappa shape index (κ2) is 9.81. The van der Waals surface area contributed by atoms with E-state index < -0.39 is 0 Å². The number of benzene rings is 1. The summed E-state index contributed by atoms with van der Waals surface area (Å²) in [5.74, 6) is 1.77. The van der Waals surface area contributed by atoms with E-state index in [1.165, 1.54) is 37.8 Å². The minimum atomic E-state index is 0.244. The van der Waals surface area contributed by atoms with Gasteiger partial charge in [-0.25, -0.2) is 0 Å². The minimum Gasteiger partial charge on any atom is -0.497 e. The Morgan fingerprint density at radius 2 is 1.77 bits per heavy atom. The Kier molecular flexibility index (Phi) is 7.18. The number of carbonyl (C=O) groups excluding carboxylic acids is 1. The van der Waals surface area contributed by atoms with Gasteiger partial charge in [0.15, 0.2) is 0 Å². The number of ether oxygens (including phenoxy) is 1. The molecule has 5 heteroatoms. The first-order valence-corrected chi connectivity index (χ1v) is 10.1. The lowest BCUT2D eigenvalue weighted by atomic mass is 9.87. The molecule has 5 nitrogen and oxygen atoms in total. The van der Waals surface area contributed by atoms with Crippen LogP contribution in [0.5, 0.6) is 5.75 Å². The van der Waals surface area contributed by atoms with Crippen molar-refractivity contribution in [2.45, 2.75) is 38.5 Å². The van der Waals surface area contributed by atoms with E-state index >= 15 is 0 Å². The van der Waals surface area contributed by atoms with Crippen molar-refractivity contribution in [3.8, 4) is 5.75 Å². The fourth-order valence-corrected chi connectivity index (χ4v) is 4.10. The van der Waals surface area contributed by atoms with E-state index in [4.69, 9.17) is 4.74 Å². The zero-order valence-electron chi connectivity index (χ0n) is 16.1. The lowest BCUT2D eigenvalue weighted by Crippen LogP contribution is -2.48. The van der Waals surface area contributed by atoms with Crippen LogP contribution in [-0.4, -0.2) is 57.2 Å². The molecule has 0 spiro atoms. The summed E-state index contributed by atoms with van der Waals surface area (Å²) in [4.78, 5) is 17.0. The van der Waals surface area contributed by atoms with Gasteiger partial charge in [0.05, 0.1) is 7.11 Å². The first-order chi connectivity index (χ1) is 12.7. The largest absolute Gasteiger partial charge is 0.497 e. The predicted molar refractivity (Wildman–Crippen MR) is 106 cm³/mol. The molecule has 1 aliphatic heterocycles. The normalized spacial score (nSPS) is 19.3. The van der Waals surface area contributed by atoms with Gasteiger partial charge in [-0.3, -0.25) is 9.69 Å². The summed E-state index contributed by atoms with van der Waals surface area (Å²) < 4.78 is 5.22. The second-order valence-corrected chi connectivity index (χ2v) is 7.58. The van der Waals surface area contributed by atoms with Gasteiger partial charge in [0.2, 0.25) is 5.91 Å². The molecule has 2 fully saturated rings. The van der Waals surface area contributed by atoms with Gasteiger partial charge in [-0.2, -0.15) is 0 Å². The first kappa shape index (κ1) is 19.0. The zero-order valence-corrected chi connectivity index (χ0v) is 16.1. The quantitative estimate of drug-likeness (QED) is 0.813. The van der Waals surface area contributed by atoms with Crippen molar-refractivity contribution >= 4 is 11.6 Å². The minimum absolute atomic E-state index is 0.244. The summed E-state index contributed by atoms with van der Waals surface area (Å²) in [7, 11) is 1.70. The van der Waals surface area contributed by atoms with Crippen molar-refractivity contribution in [3.05, 3.63) is 24.3 Å². The molecule has 1 saturated carbocycles. The SMILES string of the molecule is COc1ccc(N2CCN(CCNC(=O)CC3CCCCC3)CC2)cc1. The van der Waals surface area contributed by atoms with Gasteiger partial charge < -0.3 is 15.0 Å². The number of carbonyl (C=O) groups is 1. The Labute approximate surface area is 157 Å². The van der Waals surface area contributed by atoms with E-state index in [0.717, 1.165) is 51.4 Å². The molecule has 1 aromatic rings. The molecule has 0 aromatic heterocycles. The lowest BCUT2D eigenvalue weighted by molar-refractivity contribution is -0.122. The number of piperazine rings is 1. The van der Waals surface area contributed by atoms with E-state index in [2.05, 4.69) is 27.2 Å². The molecular weight excluding hydrogens is 326 g/mol. The molecule has 3 rings (SSSR count). The van der Waals surface area contributed by atoms with Gasteiger partial charge in [0.25, 0.3) is 0 Å². The first-order valence-electron chi connectivity index (χ1n) is 10.1. The van der Waals surface area contributed by atoms with E-state index in [-0.39, 0.29) is 5.91 Å². The van der Waals surface area contributed by atoms with Gasteiger partial charge >= 0.3 is 0 Å². The Morgan fingerprint density at radius 3 is 2.42 bits per heavy atom. The Hall–Kier alpha value is -1.75. The molecule has 1 N–H and O–H groups in total. The molecular formula is C21H33N3O2. The van der Waals surface area contributed by atoms with Crippen molar-refractivity contribution in [1.29, 1.82) is 0 Å². The van der Waals surface area contributed by atoms with Crippen molar-refractivity contribution in [2.75, 3.05) is 51.3 Å². The third-order valence-electron chi connectivity index (χ3n) is 5.76. The monoisotopic (exact) mass is 359 g/mol. The van der Waals surface area contributed by atoms with Crippen LogP contribution in [0, 0.1) is 5.92 Å². The number of nitrogens with one attached hydrogen (secondary N) is 1. The molecule has 2 aliphatic rings. The fraction of sp³-hybridized carbons (Fsp3) is 0.667. The van der Waals surface area contributed by atoms with Gasteiger partial charge in [0, 0.05) is 51.4 Å². The molecule has 0 bridgehead atoms. The summed E-state index contributed by atoms with van der Waals surface area (Å²) in [6, 6.07) is 8.28. The van der Waals surface area contributed by atoms with Gasteiger partial charge in [-0.05, 0) is 43.0 Å². The topological polar surface area (TPSA) is 44.8 Å². The molecule has 0 unspecified atom stereocenters. The standard InChI is InChI=1S/C21H33N3O2/c1-26-20-9-7-19(8-10-20)24-15-13-23(14-16-24)12-11-22-21(25)17-18-5-3-2-4-6-18/h7-10,18H,2-6,11-17H2,1H3,(H,22,25). The number of methoxy groups -OCH3 is 1. The van der Waals surface area contributed by atoms with Crippen LogP contribution in [0.4, 0.5) is 5.69 Å². The summed E-state index contributed by atoms with van der Waals surface area (Å²) >= 11 is 0. The molecule has 1 aliphatic carbocycles. The number of anilines is 1. The lowest BCUT2D eigenvalue weighted by Gasteiger charge is -2.36. The molecule has 0 radical (unpaired) electrons. The molecule has 1 amide bonds. The summed E-state index contributed by atoms with van der Waals surface area (Å²) in [5, 5.41) is 3.12. The molecule has 0 atom stereocenters. The summed E-state index contributed by atoms with van der Waals surface area (Å²) in [5.41, 5.74) is 1.26. The highest BCUT2D eigenvalue weighted by Crippen LogP contribution is 2.26. The van der Waals surface area contributed by atoms with Crippen molar-refractivity contribution in [3.63, 3.8) is 0 Å². The van der Waals surface area contributed by atoms with E-state index in [1.54, 1.807) is 7.11 Å². The number of rotatable bonds is 7. The molecule has 1 heterocycles. The summed E-state index contributed by atoms with van der Waals surface area (Å²) in [6.45, 7) is 5.88. The maximum atomic E-state index is 12.1. The van der Waals surface area contributed by atoms with Crippen LogP contribution >= 0.6 is 0 Å². The van der Waals surface area contributed by atoms with Crippen LogP contribution in [0.2, 0.25) is 0 Å². The maximum Gasteiger partial charge on any atom is 0.220 e. The molecule has 1 aromatic carbocycles. The molecule has 144 valence electrons. The van der Waals surface area contributed by atoms with Crippen molar-refractivity contribution in [2.24, 2.45) is 5.92 Å². The van der Waals surface area contributed by atoms with Crippen LogP contribution < -0.4 is 15.0 Å². The van der Waals surface area contributed by atoms with E-state index in [1.807, 2.05) is 12.1 Å². The highest BCUT2D eigenvalue weighted by atomic mass is 16.5. The maximum absolute atomic E-state index is 12.1. The highest BCUT2D eigenvalue weighted by Gasteiger charge is 2.19. The Balaban J connectivity index is 1.31. The van der Waals surface area contributed by atoms with Crippen molar-refractivity contribution < 1.29 is 9.53 Å². The molecule has 26 heavy (non-hydrogen) atoms. The highest BCUT2D eigenvalue weighted by molar-refractivity contribution is 5.76. The second-order valence-electron chi connectivity index (χ2n) is 7.58. The van der Waals surface area contributed by atoms with Gasteiger partial charge in [-0.15, -0.1) is 0 Å². The zero-order chi connectivity index (χ0) is 18.2. The van der Waals surface area contributed by atoms with Crippen LogP contribution in [0.1, 0.15) is 38.5 Å². The van der Waals surface area contributed by atoms with E-state index in [9.17, 15) is 4.79 Å². The third-order valence-corrected chi connectivity index (χ3v) is 5.76. The van der Waals surface area contributed by atoms with Crippen molar-refractivity contribution in [1.82, 2.24) is 10.2 Å². The predicted octanol–water partition coefficient (Wildman–Crippen LogP) is 2.90. The van der Waals surface area contributed by atoms with Crippen LogP contribution in [0.3, 0.4) is 0 Å². The number of nitrogens with zero attached hydrogens (tertiary/aromatic N) is 2. The third kappa shape index (κ3) is 5.63. The van der Waals surface area contributed by atoms with Crippen LogP contribution in [0.25, 0.3) is 0 Å². The summed E-state index contributed by atoms with van der Waals surface area (Å²) in [6.07, 6.45) is 7.15. The van der Waals surface area contributed by atoms with Crippen LogP contribution in [-0.2, 0) is 4.79 Å². The van der Waals surface area contributed by atoms with Gasteiger partial charge in [-0.1, -0.05) is 19.3 Å². The molecule has 1 saturated heterocycles. The Bertz CT molecular complexity index is 547. The average Bonchev–Trinajstić information content (AvgIpc) is 2.69. The smallest absolute Gasteiger partial charge is 0.220 e.